The maximum absolute atomic E-state index is 16.3. The normalized spacial score (nSPS) is 27.0. The second-order valence-electron chi connectivity index (χ2n) is 8.88. The number of amides is 1. The zero-order valence-corrected chi connectivity index (χ0v) is 20.8. The van der Waals surface area contributed by atoms with Crippen LogP contribution in [-0.2, 0) is 28.6 Å². The fourth-order valence-electron chi connectivity index (χ4n) is 3.95. The van der Waals surface area contributed by atoms with Crippen molar-refractivity contribution in [1.82, 2.24) is 9.97 Å². The molecule has 2 unspecified atom stereocenters. The molecule has 3 heterocycles. The molecule has 0 bridgehead atoms. The van der Waals surface area contributed by atoms with Crippen LogP contribution in [0, 0.1) is 5.92 Å². The third-order valence-corrected chi connectivity index (χ3v) is 5.91. The minimum absolute atomic E-state index is 0.0444. The fourth-order valence-corrected chi connectivity index (χ4v) is 3.95. The van der Waals surface area contributed by atoms with Crippen molar-refractivity contribution in [3.8, 4) is 0 Å². The van der Waals surface area contributed by atoms with Crippen molar-refractivity contribution in [1.29, 1.82) is 0 Å². The van der Waals surface area contributed by atoms with Crippen LogP contribution in [0.3, 0.4) is 0 Å². The molecule has 5 atom stereocenters. The molecule has 0 aliphatic carbocycles. The summed E-state index contributed by atoms with van der Waals surface area (Å²) in [4.78, 5) is 49.0. The van der Waals surface area contributed by atoms with Crippen molar-refractivity contribution in [2.45, 2.75) is 77.4 Å². The van der Waals surface area contributed by atoms with Crippen LogP contribution in [0.4, 0.5) is 21.8 Å². The Morgan fingerprint density at radius 1 is 1.23 bits per heavy atom. The summed E-state index contributed by atoms with van der Waals surface area (Å²) in [7, 11) is 1.64. The van der Waals surface area contributed by atoms with E-state index in [1.807, 2.05) is 0 Å². The summed E-state index contributed by atoms with van der Waals surface area (Å²) in [5, 5.41) is 5.51. The number of carbonyl (C=O) groups is 3. The number of hydrogen-bond acceptors (Lipinski definition) is 10. The van der Waals surface area contributed by atoms with E-state index in [-0.39, 0.29) is 37.2 Å². The highest BCUT2D eigenvalue weighted by atomic mass is 19.1. The predicted molar refractivity (Wildman–Crippen MR) is 126 cm³/mol. The van der Waals surface area contributed by atoms with Gasteiger partial charge in [-0.1, -0.05) is 27.7 Å². The van der Waals surface area contributed by atoms with E-state index in [2.05, 4.69) is 25.6 Å². The molecule has 2 aliphatic rings. The van der Waals surface area contributed by atoms with Crippen molar-refractivity contribution in [3.05, 3.63) is 5.69 Å². The van der Waals surface area contributed by atoms with Gasteiger partial charge in [-0.25, -0.2) is 9.37 Å². The van der Waals surface area contributed by atoms with E-state index in [1.165, 1.54) is 13.1 Å². The zero-order chi connectivity index (χ0) is 25.9. The second-order valence-corrected chi connectivity index (χ2v) is 8.88. The minimum atomic E-state index is -2.17. The van der Waals surface area contributed by atoms with E-state index >= 15 is 4.39 Å². The number of carbonyl (C=O) groups excluding carboxylic acids is 3. The molecule has 0 radical (unpaired) electrons. The molecular formula is C23H32FN5O6. The number of aliphatic imine (C=N–C) groups is 1. The number of nitrogens with zero attached hydrogens (tertiary/aromatic N) is 3. The molecule has 35 heavy (non-hydrogen) atoms. The predicted octanol–water partition coefficient (Wildman–Crippen LogP) is 2.68. The van der Waals surface area contributed by atoms with Gasteiger partial charge in [0.1, 0.15) is 24.5 Å². The minimum Gasteiger partial charge on any atom is -0.463 e. The number of ether oxygens (including phenoxy) is 3. The first-order chi connectivity index (χ1) is 16.5. The van der Waals surface area contributed by atoms with Gasteiger partial charge in [0.2, 0.25) is 11.9 Å². The zero-order valence-electron chi connectivity index (χ0n) is 20.8. The average molecular weight is 494 g/mol. The highest BCUT2D eigenvalue weighted by Crippen LogP contribution is 2.47. The van der Waals surface area contributed by atoms with Crippen LogP contribution in [0.2, 0.25) is 0 Å². The molecule has 11 nitrogen and oxygen atoms in total. The van der Waals surface area contributed by atoms with Gasteiger partial charge >= 0.3 is 11.9 Å². The van der Waals surface area contributed by atoms with Gasteiger partial charge in [0.25, 0.3) is 0 Å². The highest BCUT2D eigenvalue weighted by Gasteiger charge is 2.60. The van der Waals surface area contributed by atoms with Crippen LogP contribution in [0.25, 0.3) is 0 Å². The SMILES string of the molecule is CCC(=O)Nc1nc(NC)c2c(n1)C(C1O[C@H](COC(=O)C(C)C)[C@@H](OC(=O)CC)[C@@]1(C)F)C=N2. The third-order valence-electron chi connectivity index (χ3n) is 5.91. The van der Waals surface area contributed by atoms with E-state index < -0.39 is 41.8 Å². The Morgan fingerprint density at radius 3 is 2.54 bits per heavy atom. The lowest BCUT2D eigenvalue weighted by Crippen LogP contribution is -2.47. The van der Waals surface area contributed by atoms with Gasteiger partial charge in [-0.3, -0.25) is 24.7 Å². The average Bonchev–Trinajstić information content (AvgIpc) is 3.34. The number of alkyl halides is 1. The van der Waals surface area contributed by atoms with Crippen molar-refractivity contribution in [2.75, 3.05) is 24.3 Å². The van der Waals surface area contributed by atoms with Gasteiger partial charge in [-0.2, -0.15) is 4.98 Å². The van der Waals surface area contributed by atoms with Crippen molar-refractivity contribution in [2.24, 2.45) is 10.9 Å². The molecule has 3 rings (SSSR count). The molecule has 1 saturated heterocycles. The standard InChI is InChI=1S/C23H32FN5O6/c1-7-14(30)27-22-28-16-12(9-26-17(16)20(25-6)29-22)18-23(5,24)19(35-15(31)8-2)13(34-18)10-33-21(32)11(3)4/h9,11-13,18-19H,7-8,10H2,1-6H3,(H2,25,27,28,29,30)/t12?,13-,18?,19-,23+/m1/s1. The Balaban J connectivity index is 1.95. The number of esters is 2. The Kier molecular flexibility index (Phi) is 8.04. The summed E-state index contributed by atoms with van der Waals surface area (Å²) in [5.41, 5.74) is -1.43. The fraction of sp³-hybridized carbons (Fsp3) is 0.652. The Hall–Kier alpha value is -3.15. The van der Waals surface area contributed by atoms with Crippen molar-refractivity contribution >= 4 is 41.5 Å². The summed E-state index contributed by atoms with van der Waals surface area (Å²) in [6.45, 7) is 7.64. The quantitative estimate of drug-likeness (QED) is 0.497. The molecule has 0 spiro atoms. The van der Waals surface area contributed by atoms with Crippen LogP contribution in [0.15, 0.2) is 4.99 Å². The molecule has 2 N–H and O–H groups in total. The summed E-state index contributed by atoms with van der Waals surface area (Å²) in [6.07, 6.45) is -1.75. The molecule has 2 aliphatic heterocycles. The van der Waals surface area contributed by atoms with Crippen LogP contribution in [0.1, 0.15) is 59.1 Å². The number of aromatic nitrogens is 2. The lowest BCUT2D eigenvalue weighted by molar-refractivity contribution is -0.162. The first-order valence-electron chi connectivity index (χ1n) is 11.7. The van der Waals surface area contributed by atoms with Crippen molar-refractivity contribution < 1.29 is 33.0 Å². The number of rotatable bonds is 9. The number of hydrogen-bond donors (Lipinski definition) is 2. The first-order valence-corrected chi connectivity index (χ1v) is 11.7. The maximum atomic E-state index is 16.3. The maximum Gasteiger partial charge on any atom is 0.308 e. The largest absolute Gasteiger partial charge is 0.463 e. The van der Waals surface area contributed by atoms with Crippen LogP contribution in [0.5, 0.6) is 0 Å². The van der Waals surface area contributed by atoms with E-state index in [1.54, 1.807) is 34.7 Å². The number of halogens is 1. The molecule has 0 aromatic carbocycles. The number of anilines is 2. The van der Waals surface area contributed by atoms with Gasteiger partial charge in [0.15, 0.2) is 17.6 Å². The monoisotopic (exact) mass is 493 g/mol. The van der Waals surface area contributed by atoms with E-state index in [9.17, 15) is 14.4 Å². The van der Waals surface area contributed by atoms with E-state index in [0.29, 0.717) is 17.2 Å². The smallest absolute Gasteiger partial charge is 0.308 e. The molecule has 12 heteroatoms. The first kappa shape index (κ1) is 26.5. The molecule has 0 saturated carbocycles. The Bertz CT molecular complexity index is 1010. The van der Waals surface area contributed by atoms with Gasteiger partial charge in [-0.15, -0.1) is 0 Å². The third kappa shape index (κ3) is 5.42. The van der Waals surface area contributed by atoms with E-state index in [0.717, 1.165) is 0 Å². The number of fused-ring (bicyclic) bond motifs is 1. The van der Waals surface area contributed by atoms with Gasteiger partial charge in [-0.05, 0) is 6.92 Å². The molecule has 192 valence electrons. The second kappa shape index (κ2) is 10.6. The highest BCUT2D eigenvalue weighted by molar-refractivity contribution is 5.90. The summed E-state index contributed by atoms with van der Waals surface area (Å²) >= 11 is 0. The summed E-state index contributed by atoms with van der Waals surface area (Å²) < 4.78 is 33.1. The van der Waals surface area contributed by atoms with Gasteiger partial charge < -0.3 is 19.5 Å². The van der Waals surface area contributed by atoms with E-state index in [4.69, 9.17) is 14.2 Å². The lowest BCUT2D eigenvalue weighted by atomic mass is 9.86. The number of nitrogens with one attached hydrogen (secondary N) is 2. The lowest BCUT2D eigenvalue weighted by Gasteiger charge is -2.29. The molecule has 1 aromatic heterocycles. The summed E-state index contributed by atoms with van der Waals surface area (Å²) in [6, 6.07) is 0. The van der Waals surface area contributed by atoms with Crippen molar-refractivity contribution in [3.63, 3.8) is 0 Å². The molecule has 1 fully saturated rings. The molecule has 1 aromatic rings. The van der Waals surface area contributed by atoms with Gasteiger partial charge in [0, 0.05) is 26.1 Å². The molecule has 1 amide bonds. The Morgan fingerprint density at radius 2 is 1.94 bits per heavy atom. The summed E-state index contributed by atoms with van der Waals surface area (Å²) in [5.74, 6) is -2.13. The van der Waals surface area contributed by atoms with Crippen LogP contribution in [-0.4, -0.2) is 71.7 Å². The van der Waals surface area contributed by atoms with Crippen LogP contribution >= 0.6 is 0 Å². The Labute approximate surface area is 203 Å². The molecular weight excluding hydrogens is 461 g/mol. The van der Waals surface area contributed by atoms with Crippen LogP contribution < -0.4 is 10.6 Å². The van der Waals surface area contributed by atoms with Gasteiger partial charge in [0.05, 0.1) is 17.5 Å². The topological polar surface area (TPSA) is 141 Å².